The predicted molar refractivity (Wildman–Crippen MR) is 137 cm³/mol. The summed E-state index contributed by atoms with van der Waals surface area (Å²) in [5.41, 5.74) is 2.98. The van der Waals surface area contributed by atoms with E-state index in [1.54, 1.807) is 43.3 Å². The van der Waals surface area contributed by atoms with Crippen LogP contribution in [0.2, 0.25) is 5.02 Å². The number of benzene rings is 2. The molecule has 0 saturated heterocycles. The Bertz CT molecular complexity index is 1140. The highest BCUT2D eigenvalue weighted by molar-refractivity contribution is 7.92. The van der Waals surface area contributed by atoms with Crippen molar-refractivity contribution in [2.45, 2.75) is 59.7 Å². The Kier molecular flexibility index (Phi) is 9.53. The fourth-order valence-corrected chi connectivity index (χ4v) is 4.39. The third-order valence-corrected chi connectivity index (χ3v) is 7.43. The van der Waals surface area contributed by atoms with Crippen LogP contribution in [-0.2, 0) is 26.2 Å². The van der Waals surface area contributed by atoms with Crippen LogP contribution in [0.15, 0.2) is 42.5 Å². The van der Waals surface area contributed by atoms with Crippen molar-refractivity contribution in [3.8, 4) is 0 Å². The van der Waals surface area contributed by atoms with Gasteiger partial charge in [0.2, 0.25) is 21.8 Å². The van der Waals surface area contributed by atoms with Crippen LogP contribution in [0, 0.1) is 13.8 Å². The largest absolute Gasteiger partial charge is 0.352 e. The van der Waals surface area contributed by atoms with E-state index < -0.39 is 28.5 Å². The number of hydrogen-bond donors (Lipinski definition) is 1. The molecule has 9 heteroatoms. The van der Waals surface area contributed by atoms with Crippen LogP contribution in [0.3, 0.4) is 0 Å². The number of amides is 2. The zero-order chi connectivity index (χ0) is 25.6. The van der Waals surface area contributed by atoms with Gasteiger partial charge in [0.05, 0.1) is 11.9 Å². The van der Waals surface area contributed by atoms with E-state index in [0.717, 1.165) is 28.1 Å². The highest BCUT2D eigenvalue weighted by Gasteiger charge is 2.30. The zero-order valence-corrected chi connectivity index (χ0v) is 22.2. The Balaban J connectivity index is 2.42. The molecule has 0 unspecified atom stereocenters. The minimum absolute atomic E-state index is 0.0599. The molecule has 0 saturated carbocycles. The molecule has 2 amide bonds. The van der Waals surface area contributed by atoms with Crippen LogP contribution in [-0.4, -0.2) is 50.0 Å². The first-order valence-corrected chi connectivity index (χ1v) is 13.5. The molecule has 0 bridgehead atoms. The summed E-state index contributed by atoms with van der Waals surface area (Å²) in [6.45, 7) is 8.91. The van der Waals surface area contributed by atoms with Gasteiger partial charge in [-0.05, 0) is 69.0 Å². The molecule has 2 aromatic rings. The van der Waals surface area contributed by atoms with Crippen molar-refractivity contribution in [1.82, 2.24) is 10.2 Å². The van der Waals surface area contributed by atoms with E-state index in [1.165, 1.54) is 4.90 Å². The molecule has 2 rings (SSSR count). The Hall–Kier alpha value is -2.58. The molecule has 0 aromatic heterocycles. The summed E-state index contributed by atoms with van der Waals surface area (Å²) in [4.78, 5) is 27.8. The predicted octanol–water partition coefficient (Wildman–Crippen LogP) is 4.05. The fourth-order valence-electron chi connectivity index (χ4n) is 3.35. The van der Waals surface area contributed by atoms with Crippen molar-refractivity contribution >= 4 is 39.1 Å². The van der Waals surface area contributed by atoms with E-state index in [-0.39, 0.29) is 18.5 Å². The summed E-state index contributed by atoms with van der Waals surface area (Å²) in [6.07, 6.45) is 1.80. The summed E-state index contributed by atoms with van der Waals surface area (Å²) in [7, 11) is -3.77. The molecular formula is C25H34ClN3O4S. The monoisotopic (exact) mass is 507 g/mol. The first-order chi connectivity index (χ1) is 15.8. The van der Waals surface area contributed by atoms with Gasteiger partial charge in [0.15, 0.2) is 0 Å². The minimum Gasteiger partial charge on any atom is -0.352 e. The molecule has 0 aliphatic carbocycles. The number of hydrogen-bond acceptors (Lipinski definition) is 4. The molecule has 7 nitrogen and oxygen atoms in total. The van der Waals surface area contributed by atoms with E-state index in [4.69, 9.17) is 11.6 Å². The molecule has 0 spiro atoms. The van der Waals surface area contributed by atoms with Crippen molar-refractivity contribution in [1.29, 1.82) is 0 Å². The summed E-state index contributed by atoms with van der Waals surface area (Å²) < 4.78 is 26.4. The number of rotatable bonds is 10. The van der Waals surface area contributed by atoms with Gasteiger partial charge in [-0.2, -0.15) is 0 Å². The second-order valence-electron chi connectivity index (χ2n) is 8.65. The van der Waals surface area contributed by atoms with Gasteiger partial charge < -0.3 is 10.2 Å². The maximum absolute atomic E-state index is 13.5. The van der Waals surface area contributed by atoms with Crippen molar-refractivity contribution in [2.75, 3.05) is 17.1 Å². The highest BCUT2D eigenvalue weighted by atomic mass is 35.5. The number of sulfonamides is 1. The summed E-state index contributed by atoms with van der Waals surface area (Å²) in [6, 6.07) is 11.4. The number of aryl methyl sites for hydroxylation is 2. The maximum atomic E-state index is 13.5. The second kappa shape index (κ2) is 11.7. The lowest BCUT2D eigenvalue weighted by Gasteiger charge is -2.32. The van der Waals surface area contributed by atoms with Gasteiger partial charge in [-0.1, -0.05) is 42.8 Å². The van der Waals surface area contributed by atoms with Crippen LogP contribution >= 0.6 is 11.6 Å². The topological polar surface area (TPSA) is 86.8 Å². The summed E-state index contributed by atoms with van der Waals surface area (Å²) in [5, 5.41) is 3.36. The number of carbonyl (C=O) groups excluding carboxylic acids is 2. The van der Waals surface area contributed by atoms with Gasteiger partial charge in [0, 0.05) is 17.6 Å². The van der Waals surface area contributed by atoms with Crippen LogP contribution in [0.4, 0.5) is 5.69 Å². The second-order valence-corrected chi connectivity index (χ2v) is 11.0. The van der Waals surface area contributed by atoms with E-state index in [0.29, 0.717) is 16.3 Å². The van der Waals surface area contributed by atoms with E-state index in [2.05, 4.69) is 5.32 Å². The maximum Gasteiger partial charge on any atom is 0.244 e. The normalized spacial score (nSPS) is 13.1. The number of anilines is 1. The number of halogens is 1. The summed E-state index contributed by atoms with van der Waals surface area (Å²) >= 11 is 6.33. The number of nitrogens with zero attached hydrogens (tertiary/aromatic N) is 2. The van der Waals surface area contributed by atoms with Crippen molar-refractivity contribution in [3.63, 3.8) is 0 Å². The zero-order valence-electron chi connectivity index (χ0n) is 20.6. The number of carbonyl (C=O) groups is 2. The Labute approximate surface area is 208 Å². The summed E-state index contributed by atoms with van der Waals surface area (Å²) in [5.74, 6) is -0.817. The van der Waals surface area contributed by atoms with Gasteiger partial charge in [-0.15, -0.1) is 0 Å². The third-order valence-electron chi connectivity index (χ3n) is 5.92. The first kappa shape index (κ1) is 27.7. The molecule has 34 heavy (non-hydrogen) atoms. The fraction of sp³-hybridized carbons (Fsp3) is 0.440. The van der Waals surface area contributed by atoms with E-state index in [9.17, 15) is 18.0 Å². The Morgan fingerprint density at radius 3 is 2.26 bits per heavy atom. The Morgan fingerprint density at radius 1 is 1.06 bits per heavy atom. The van der Waals surface area contributed by atoms with Gasteiger partial charge >= 0.3 is 0 Å². The van der Waals surface area contributed by atoms with E-state index >= 15 is 0 Å². The quantitative estimate of drug-likeness (QED) is 0.525. The molecule has 2 atom stereocenters. The lowest BCUT2D eigenvalue weighted by atomic mass is 10.1. The standard InChI is InChI=1S/C25H34ClN3O4S/c1-7-19(4)27-25(31)20(5)28(15-21-10-8-9-11-23(21)26)24(30)16-29(34(6,32)33)22-13-12-17(2)18(3)14-22/h8-14,19-20H,7,15-16H2,1-6H3,(H,27,31)/t19-,20+/m0/s1. The minimum atomic E-state index is -3.77. The molecule has 2 aromatic carbocycles. The van der Waals surface area contributed by atoms with Crippen molar-refractivity contribution < 1.29 is 18.0 Å². The average Bonchev–Trinajstić information content (AvgIpc) is 2.77. The molecule has 0 aliphatic heterocycles. The van der Waals surface area contributed by atoms with Gasteiger partial charge in [0.25, 0.3) is 0 Å². The molecule has 0 radical (unpaired) electrons. The van der Waals surface area contributed by atoms with Gasteiger partial charge in [0.1, 0.15) is 12.6 Å². The van der Waals surface area contributed by atoms with Gasteiger partial charge in [-0.25, -0.2) is 8.42 Å². The highest BCUT2D eigenvalue weighted by Crippen LogP contribution is 2.23. The molecule has 186 valence electrons. The van der Waals surface area contributed by atoms with Gasteiger partial charge in [-0.3, -0.25) is 13.9 Å². The molecule has 0 fully saturated rings. The Morgan fingerprint density at radius 2 is 1.71 bits per heavy atom. The number of nitrogens with one attached hydrogen (secondary N) is 1. The molecule has 0 heterocycles. The van der Waals surface area contributed by atoms with E-state index in [1.807, 2.05) is 33.8 Å². The average molecular weight is 508 g/mol. The van der Waals surface area contributed by atoms with Crippen LogP contribution in [0.1, 0.15) is 43.9 Å². The smallest absolute Gasteiger partial charge is 0.244 e. The molecular weight excluding hydrogens is 474 g/mol. The third kappa shape index (κ3) is 7.21. The van der Waals surface area contributed by atoms with Crippen LogP contribution < -0.4 is 9.62 Å². The van der Waals surface area contributed by atoms with Crippen LogP contribution in [0.25, 0.3) is 0 Å². The molecule has 0 aliphatic rings. The van der Waals surface area contributed by atoms with Crippen molar-refractivity contribution in [2.24, 2.45) is 0 Å². The van der Waals surface area contributed by atoms with Crippen LogP contribution in [0.5, 0.6) is 0 Å². The lowest BCUT2D eigenvalue weighted by molar-refractivity contribution is -0.139. The first-order valence-electron chi connectivity index (χ1n) is 11.2. The lowest BCUT2D eigenvalue weighted by Crippen LogP contribution is -2.52. The SMILES string of the molecule is CC[C@H](C)NC(=O)[C@@H](C)N(Cc1ccccc1Cl)C(=O)CN(c1ccc(C)c(C)c1)S(C)(=O)=O. The molecule has 1 N–H and O–H groups in total. The van der Waals surface area contributed by atoms with Crippen molar-refractivity contribution in [3.05, 3.63) is 64.2 Å².